The van der Waals surface area contributed by atoms with Gasteiger partial charge in [0, 0.05) is 23.8 Å². The van der Waals surface area contributed by atoms with Crippen LogP contribution in [0.15, 0.2) is 35.3 Å². The maximum Gasteiger partial charge on any atom is 0.318 e. The van der Waals surface area contributed by atoms with Crippen LogP contribution in [-0.2, 0) is 9.53 Å². The fourth-order valence-electron chi connectivity index (χ4n) is 1.62. The monoisotopic (exact) mass is 303 g/mol. The minimum atomic E-state index is -0.194. The Kier molecular flexibility index (Phi) is 4.96. The Morgan fingerprint density at radius 2 is 2.38 bits per heavy atom. The van der Waals surface area contributed by atoms with E-state index in [1.54, 1.807) is 17.4 Å². The maximum atomic E-state index is 11.7. The third kappa shape index (κ3) is 2.83. The first-order valence-electron chi connectivity index (χ1n) is 4.72. The van der Waals surface area contributed by atoms with Crippen LogP contribution in [-0.4, -0.2) is 11.0 Å². The number of carbonyl (C=O) groups is 1. The number of pyridine rings is 1. The molecule has 0 spiro atoms. The Morgan fingerprint density at radius 3 is 2.94 bits per heavy atom. The topological polar surface area (TPSA) is 39.2 Å². The van der Waals surface area contributed by atoms with Crippen LogP contribution in [0.1, 0.15) is 24.3 Å². The zero-order chi connectivity index (χ0) is 10.7. The molecule has 0 saturated carbocycles. The van der Waals surface area contributed by atoms with E-state index in [1.807, 2.05) is 12.1 Å². The molecule has 1 aromatic rings. The number of nitrogens with zero attached hydrogens (tertiary/aromatic N) is 1. The van der Waals surface area contributed by atoms with E-state index >= 15 is 0 Å². The molecule has 0 radical (unpaired) electrons. The molecule has 86 valence electrons. The average Bonchev–Trinajstić information content (AvgIpc) is 2.30. The molecular formula is C11H11BrClNO2. The molecule has 1 unspecified atom stereocenters. The molecule has 1 saturated heterocycles. The fourth-order valence-corrected chi connectivity index (χ4v) is 1.94. The van der Waals surface area contributed by atoms with Crippen LogP contribution in [0, 0.1) is 0 Å². The van der Waals surface area contributed by atoms with Crippen molar-refractivity contribution in [1.29, 1.82) is 0 Å². The lowest BCUT2D eigenvalue weighted by Gasteiger charge is -2.22. The summed E-state index contributed by atoms with van der Waals surface area (Å²) < 4.78 is 5.15. The molecule has 1 aromatic heterocycles. The summed E-state index contributed by atoms with van der Waals surface area (Å²) in [5, 5.41) is 0. The highest BCUT2D eigenvalue weighted by atomic mass is 79.9. The van der Waals surface area contributed by atoms with Gasteiger partial charge in [0.05, 0.1) is 5.92 Å². The lowest BCUT2D eigenvalue weighted by atomic mass is 9.93. The Morgan fingerprint density at radius 1 is 1.56 bits per heavy atom. The van der Waals surface area contributed by atoms with Crippen molar-refractivity contribution in [3.63, 3.8) is 0 Å². The van der Waals surface area contributed by atoms with Crippen molar-refractivity contribution in [2.24, 2.45) is 0 Å². The summed E-state index contributed by atoms with van der Waals surface area (Å²) in [6.45, 7) is 0. The van der Waals surface area contributed by atoms with E-state index < -0.39 is 0 Å². The van der Waals surface area contributed by atoms with E-state index in [0.717, 1.165) is 18.4 Å². The summed E-state index contributed by atoms with van der Waals surface area (Å²) in [4.78, 5) is 17.3. The van der Waals surface area contributed by atoms with E-state index in [1.165, 1.54) is 0 Å². The standard InChI is InChI=1S/C11H10BrNO2.ClH/c12-6-9-3-4-10(11(14)15-9)8-2-1-5-13-7-8;/h1-2,5-7,10H,3-4H2;1H/b9-6+;. The number of cyclic esters (lactones) is 1. The Bertz CT molecular complexity index is 394. The molecule has 1 fully saturated rings. The van der Waals surface area contributed by atoms with Gasteiger partial charge >= 0.3 is 5.97 Å². The van der Waals surface area contributed by atoms with E-state index in [4.69, 9.17) is 4.74 Å². The van der Waals surface area contributed by atoms with Crippen LogP contribution in [0.4, 0.5) is 0 Å². The second-order valence-corrected chi connectivity index (χ2v) is 3.83. The predicted molar refractivity (Wildman–Crippen MR) is 66.6 cm³/mol. The molecular weight excluding hydrogens is 293 g/mol. The quantitative estimate of drug-likeness (QED) is 0.748. The van der Waals surface area contributed by atoms with E-state index in [0.29, 0.717) is 5.76 Å². The molecule has 0 aromatic carbocycles. The second-order valence-electron chi connectivity index (χ2n) is 3.37. The van der Waals surface area contributed by atoms with Crippen LogP contribution in [0.2, 0.25) is 0 Å². The number of rotatable bonds is 1. The molecule has 0 N–H and O–H groups in total. The van der Waals surface area contributed by atoms with Crippen LogP contribution in [0.25, 0.3) is 0 Å². The van der Waals surface area contributed by atoms with E-state index in [9.17, 15) is 4.79 Å². The van der Waals surface area contributed by atoms with Crippen LogP contribution >= 0.6 is 28.3 Å². The summed E-state index contributed by atoms with van der Waals surface area (Å²) in [5.74, 6) is 0.329. The van der Waals surface area contributed by atoms with Crippen molar-refractivity contribution in [3.05, 3.63) is 40.8 Å². The normalized spacial score (nSPS) is 22.4. The molecule has 16 heavy (non-hydrogen) atoms. The van der Waals surface area contributed by atoms with Gasteiger partial charge in [0.25, 0.3) is 0 Å². The highest BCUT2D eigenvalue weighted by molar-refractivity contribution is 9.11. The van der Waals surface area contributed by atoms with E-state index in [-0.39, 0.29) is 24.3 Å². The summed E-state index contributed by atoms with van der Waals surface area (Å²) in [6, 6.07) is 3.74. The molecule has 0 bridgehead atoms. The van der Waals surface area contributed by atoms with Gasteiger partial charge in [-0.15, -0.1) is 12.4 Å². The number of hydrogen-bond acceptors (Lipinski definition) is 3. The molecule has 2 heterocycles. The minimum absolute atomic E-state index is 0. The molecule has 2 rings (SSSR count). The minimum Gasteiger partial charge on any atom is -0.430 e. The van der Waals surface area contributed by atoms with Gasteiger partial charge < -0.3 is 4.74 Å². The first-order valence-corrected chi connectivity index (χ1v) is 5.63. The Hall–Kier alpha value is -0.870. The number of halogens is 2. The number of ether oxygens (including phenoxy) is 1. The third-order valence-corrected chi connectivity index (χ3v) is 2.91. The SMILES string of the molecule is Cl.O=C1O/C(=C/Br)CCC1c1cccnc1. The molecule has 1 aliphatic heterocycles. The Labute approximate surface area is 108 Å². The molecule has 0 amide bonds. The van der Waals surface area contributed by atoms with Crippen molar-refractivity contribution in [1.82, 2.24) is 4.98 Å². The van der Waals surface area contributed by atoms with Gasteiger partial charge in [-0.25, -0.2) is 0 Å². The molecule has 5 heteroatoms. The van der Waals surface area contributed by atoms with Crippen LogP contribution in [0.5, 0.6) is 0 Å². The zero-order valence-electron chi connectivity index (χ0n) is 8.43. The van der Waals surface area contributed by atoms with Gasteiger partial charge in [0.1, 0.15) is 5.76 Å². The fraction of sp³-hybridized carbons (Fsp3) is 0.273. The van der Waals surface area contributed by atoms with Gasteiger partial charge in [-0.05, 0) is 18.1 Å². The average molecular weight is 305 g/mol. The largest absolute Gasteiger partial charge is 0.430 e. The smallest absolute Gasteiger partial charge is 0.318 e. The predicted octanol–water partition coefficient (Wildman–Crippen LogP) is 3.16. The number of carbonyl (C=O) groups excluding carboxylic acids is 1. The van der Waals surface area contributed by atoms with Crippen LogP contribution in [0.3, 0.4) is 0 Å². The van der Waals surface area contributed by atoms with Crippen molar-refractivity contribution in [2.45, 2.75) is 18.8 Å². The number of esters is 1. The molecule has 0 aliphatic carbocycles. The molecule has 3 nitrogen and oxygen atoms in total. The molecule has 1 atom stereocenters. The van der Waals surface area contributed by atoms with Gasteiger partial charge in [-0.1, -0.05) is 22.0 Å². The summed E-state index contributed by atoms with van der Waals surface area (Å²) in [6.07, 6.45) is 4.97. The maximum absolute atomic E-state index is 11.7. The van der Waals surface area contributed by atoms with E-state index in [2.05, 4.69) is 20.9 Å². The zero-order valence-corrected chi connectivity index (χ0v) is 10.8. The van der Waals surface area contributed by atoms with Crippen molar-refractivity contribution in [2.75, 3.05) is 0 Å². The van der Waals surface area contributed by atoms with Gasteiger partial charge in [0.15, 0.2) is 0 Å². The lowest BCUT2D eigenvalue weighted by molar-refractivity contribution is -0.143. The highest BCUT2D eigenvalue weighted by Crippen LogP contribution is 2.30. The van der Waals surface area contributed by atoms with Crippen molar-refractivity contribution < 1.29 is 9.53 Å². The second kappa shape index (κ2) is 6.01. The summed E-state index contributed by atoms with van der Waals surface area (Å²) in [5.41, 5.74) is 0.927. The van der Waals surface area contributed by atoms with Gasteiger partial charge in [0.2, 0.25) is 0 Å². The first-order chi connectivity index (χ1) is 7.31. The number of aromatic nitrogens is 1. The lowest BCUT2D eigenvalue weighted by Crippen LogP contribution is -2.21. The Balaban J connectivity index is 0.00000128. The third-order valence-electron chi connectivity index (χ3n) is 2.40. The highest BCUT2D eigenvalue weighted by Gasteiger charge is 2.28. The van der Waals surface area contributed by atoms with Crippen LogP contribution < -0.4 is 0 Å². The first kappa shape index (κ1) is 13.2. The van der Waals surface area contributed by atoms with Crippen molar-refractivity contribution >= 4 is 34.3 Å². The van der Waals surface area contributed by atoms with Crippen molar-refractivity contribution in [3.8, 4) is 0 Å². The number of allylic oxidation sites excluding steroid dienone is 1. The van der Waals surface area contributed by atoms with Gasteiger partial charge in [-0.3, -0.25) is 9.78 Å². The summed E-state index contributed by atoms with van der Waals surface area (Å²) in [7, 11) is 0. The summed E-state index contributed by atoms with van der Waals surface area (Å²) >= 11 is 3.16. The number of hydrogen-bond donors (Lipinski definition) is 0. The van der Waals surface area contributed by atoms with Gasteiger partial charge in [-0.2, -0.15) is 0 Å². The molecule has 1 aliphatic rings.